The van der Waals surface area contributed by atoms with Crippen molar-refractivity contribution in [3.63, 3.8) is 0 Å². The Morgan fingerprint density at radius 3 is 1.50 bits per heavy atom. The van der Waals surface area contributed by atoms with E-state index in [0.29, 0.717) is 0 Å². The minimum absolute atomic E-state index is 1.22. The summed E-state index contributed by atoms with van der Waals surface area (Å²) in [4.78, 5) is 0. The highest BCUT2D eigenvalue weighted by molar-refractivity contribution is 5.96. The second-order valence-corrected chi connectivity index (χ2v) is 6.28. The van der Waals surface area contributed by atoms with Crippen molar-refractivity contribution in [2.45, 2.75) is 39.5 Å². The molecule has 0 radical (unpaired) electrons. The van der Waals surface area contributed by atoms with Crippen molar-refractivity contribution in [2.75, 3.05) is 0 Å². The summed E-state index contributed by atoms with van der Waals surface area (Å²) in [7, 11) is 0. The smallest absolute Gasteiger partial charge is 0.0187 e. The molecule has 0 spiro atoms. The van der Waals surface area contributed by atoms with E-state index in [1.165, 1.54) is 47.9 Å². The zero-order chi connectivity index (χ0) is 13.7. The van der Waals surface area contributed by atoms with Crippen LogP contribution in [0.4, 0.5) is 0 Å². The Balaban J connectivity index is 1.92. The number of hydrogen-bond donors (Lipinski definition) is 0. The van der Waals surface area contributed by atoms with Crippen molar-refractivity contribution in [3.8, 4) is 0 Å². The molecule has 0 unspecified atom stereocenters. The van der Waals surface area contributed by atoms with E-state index < -0.39 is 0 Å². The molecule has 100 valence electrons. The van der Waals surface area contributed by atoms with Crippen LogP contribution in [0.2, 0.25) is 0 Å². The number of allylic oxidation sites excluding steroid dienone is 2. The molecular formula is C20H20. The summed E-state index contributed by atoms with van der Waals surface area (Å²) < 4.78 is 0. The lowest BCUT2D eigenvalue weighted by atomic mass is 9.95. The lowest BCUT2D eigenvalue weighted by Gasteiger charge is -2.09. The van der Waals surface area contributed by atoms with Crippen molar-refractivity contribution < 1.29 is 0 Å². The molecule has 0 aromatic heterocycles. The van der Waals surface area contributed by atoms with Crippen molar-refractivity contribution in [3.05, 3.63) is 69.8 Å². The fraction of sp³-hybridized carbons (Fsp3) is 0.300. The molecule has 0 heterocycles. The topological polar surface area (TPSA) is 0 Å². The molecule has 20 heavy (non-hydrogen) atoms. The molecule has 0 amide bonds. The molecular weight excluding hydrogens is 240 g/mol. The van der Waals surface area contributed by atoms with Crippen LogP contribution in [-0.2, 0) is 12.8 Å². The Morgan fingerprint density at radius 1 is 0.600 bits per heavy atom. The number of hydrogen-bond acceptors (Lipinski definition) is 0. The molecule has 0 N–H and O–H groups in total. The lowest BCUT2D eigenvalue weighted by molar-refractivity contribution is 1.06. The van der Waals surface area contributed by atoms with Gasteiger partial charge in [0.05, 0.1) is 0 Å². The zero-order valence-corrected chi connectivity index (χ0v) is 12.3. The summed E-state index contributed by atoms with van der Waals surface area (Å²) >= 11 is 0. The van der Waals surface area contributed by atoms with Gasteiger partial charge in [0.15, 0.2) is 0 Å². The van der Waals surface area contributed by atoms with E-state index >= 15 is 0 Å². The first kappa shape index (κ1) is 12.0. The molecule has 0 heteroatoms. The van der Waals surface area contributed by atoms with E-state index in [4.69, 9.17) is 0 Å². The molecule has 2 aromatic carbocycles. The van der Waals surface area contributed by atoms with Crippen molar-refractivity contribution in [1.29, 1.82) is 0 Å². The molecule has 0 atom stereocenters. The third-order valence-electron chi connectivity index (χ3n) is 4.83. The zero-order valence-electron chi connectivity index (χ0n) is 12.3. The SMILES string of the molecule is Cc1ccc2c(c1)/C(=C1/CCc3ccc(C)cc31)CC2. The maximum Gasteiger partial charge on any atom is -0.0187 e. The van der Waals surface area contributed by atoms with Crippen LogP contribution < -0.4 is 0 Å². The molecule has 0 saturated heterocycles. The van der Waals surface area contributed by atoms with Crippen LogP contribution in [0.25, 0.3) is 11.1 Å². The Hall–Kier alpha value is -1.82. The predicted octanol–water partition coefficient (Wildman–Crippen LogP) is 5.11. The molecule has 0 nitrogen and oxygen atoms in total. The predicted molar refractivity (Wildman–Crippen MR) is 85.8 cm³/mol. The van der Waals surface area contributed by atoms with E-state index in [2.05, 4.69) is 50.2 Å². The van der Waals surface area contributed by atoms with Gasteiger partial charge in [-0.3, -0.25) is 0 Å². The van der Waals surface area contributed by atoms with Gasteiger partial charge in [0.1, 0.15) is 0 Å². The number of benzene rings is 2. The van der Waals surface area contributed by atoms with Gasteiger partial charge in [-0.2, -0.15) is 0 Å². The first-order chi connectivity index (χ1) is 9.72. The standard InChI is InChI=1S/C20H20/c1-13-3-5-15-7-9-17(19(15)11-13)18-10-8-16-6-4-14(2)12-20(16)18/h3-6,11-12H,7-10H2,1-2H3/b18-17-. The summed E-state index contributed by atoms with van der Waals surface area (Å²) in [6.07, 6.45) is 4.88. The number of rotatable bonds is 0. The molecule has 2 aliphatic carbocycles. The summed E-state index contributed by atoms with van der Waals surface area (Å²) in [5, 5.41) is 0. The fourth-order valence-electron chi connectivity index (χ4n) is 3.79. The first-order valence-electron chi connectivity index (χ1n) is 7.64. The average molecular weight is 260 g/mol. The summed E-state index contributed by atoms with van der Waals surface area (Å²) in [6.45, 7) is 4.40. The van der Waals surface area contributed by atoms with Gasteiger partial charge in [-0.15, -0.1) is 0 Å². The van der Waals surface area contributed by atoms with Gasteiger partial charge >= 0.3 is 0 Å². The molecule has 2 aliphatic rings. The van der Waals surface area contributed by atoms with Crippen LogP contribution in [0.1, 0.15) is 46.2 Å². The van der Waals surface area contributed by atoms with Crippen LogP contribution >= 0.6 is 0 Å². The van der Waals surface area contributed by atoms with Crippen LogP contribution in [0.5, 0.6) is 0 Å². The van der Waals surface area contributed by atoms with Gasteiger partial charge in [-0.1, -0.05) is 47.5 Å². The maximum absolute atomic E-state index is 2.39. The third kappa shape index (κ3) is 1.75. The molecule has 0 fully saturated rings. The highest BCUT2D eigenvalue weighted by Crippen LogP contribution is 2.44. The quantitative estimate of drug-likeness (QED) is 0.617. The van der Waals surface area contributed by atoms with Gasteiger partial charge in [0, 0.05) is 0 Å². The second-order valence-electron chi connectivity index (χ2n) is 6.28. The van der Waals surface area contributed by atoms with Crippen LogP contribution in [0.15, 0.2) is 36.4 Å². The average Bonchev–Trinajstić information content (AvgIpc) is 3.01. The Labute approximate surface area is 121 Å². The Morgan fingerprint density at radius 2 is 1.05 bits per heavy atom. The molecule has 0 bridgehead atoms. The highest BCUT2D eigenvalue weighted by atomic mass is 14.3. The van der Waals surface area contributed by atoms with Crippen molar-refractivity contribution in [2.24, 2.45) is 0 Å². The fourth-order valence-corrected chi connectivity index (χ4v) is 3.79. The van der Waals surface area contributed by atoms with Crippen LogP contribution in [-0.4, -0.2) is 0 Å². The Kier molecular flexibility index (Phi) is 2.60. The minimum atomic E-state index is 1.22. The van der Waals surface area contributed by atoms with E-state index in [0.717, 1.165) is 0 Å². The molecule has 0 aliphatic heterocycles. The van der Waals surface area contributed by atoms with Crippen molar-refractivity contribution >= 4 is 11.1 Å². The molecule has 2 aromatic rings. The molecule has 4 rings (SSSR count). The van der Waals surface area contributed by atoms with Crippen molar-refractivity contribution in [1.82, 2.24) is 0 Å². The van der Waals surface area contributed by atoms with E-state index in [1.807, 2.05) is 0 Å². The minimum Gasteiger partial charge on any atom is -0.0590 e. The van der Waals surface area contributed by atoms with Gasteiger partial charge in [-0.25, -0.2) is 0 Å². The third-order valence-corrected chi connectivity index (χ3v) is 4.83. The summed E-state index contributed by atoms with van der Waals surface area (Å²) in [5.41, 5.74) is 12.1. The van der Waals surface area contributed by atoms with Gasteiger partial charge < -0.3 is 0 Å². The van der Waals surface area contributed by atoms with E-state index in [9.17, 15) is 0 Å². The van der Waals surface area contributed by atoms with E-state index in [1.54, 1.807) is 22.3 Å². The van der Waals surface area contributed by atoms with E-state index in [-0.39, 0.29) is 0 Å². The van der Waals surface area contributed by atoms with Gasteiger partial charge in [-0.05, 0) is 72.9 Å². The normalized spacial score (nSPS) is 20.1. The van der Waals surface area contributed by atoms with Crippen LogP contribution in [0.3, 0.4) is 0 Å². The summed E-state index contributed by atoms with van der Waals surface area (Å²) in [5.74, 6) is 0. The number of aryl methyl sites for hydroxylation is 4. The number of fused-ring (bicyclic) bond motifs is 2. The maximum atomic E-state index is 2.39. The van der Waals surface area contributed by atoms with Crippen LogP contribution in [0, 0.1) is 13.8 Å². The lowest BCUT2D eigenvalue weighted by Crippen LogP contribution is -1.88. The van der Waals surface area contributed by atoms with Gasteiger partial charge in [0.25, 0.3) is 0 Å². The largest absolute Gasteiger partial charge is 0.0590 e. The highest BCUT2D eigenvalue weighted by Gasteiger charge is 2.24. The van der Waals surface area contributed by atoms with Gasteiger partial charge in [0.2, 0.25) is 0 Å². The monoisotopic (exact) mass is 260 g/mol. The molecule has 0 saturated carbocycles. The summed E-state index contributed by atoms with van der Waals surface area (Å²) in [6, 6.07) is 13.9. The Bertz CT molecular complexity index is 668. The second kappa shape index (κ2) is 4.34. The first-order valence-corrected chi connectivity index (χ1v) is 7.64.